The molecule has 20 heavy (non-hydrogen) atoms. The molecular weight excluding hydrogens is 322 g/mol. The standard InChI is InChI=1S/C14H12BrN3O2/c15-11-3-1-2-4-12(11)17-14(20)18-13(19)9-5-7-10(16)8-6-9/h1-8H,16H2,(H2,17,18,19,20). The van der Waals surface area contributed by atoms with Gasteiger partial charge in [0.25, 0.3) is 5.91 Å². The number of imide groups is 1. The summed E-state index contributed by atoms with van der Waals surface area (Å²) in [4.78, 5) is 23.5. The molecule has 2 aromatic carbocycles. The van der Waals surface area contributed by atoms with Gasteiger partial charge < -0.3 is 11.1 Å². The summed E-state index contributed by atoms with van der Waals surface area (Å²) in [7, 11) is 0. The van der Waals surface area contributed by atoms with Crippen molar-refractivity contribution in [3.05, 3.63) is 58.6 Å². The maximum atomic E-state index is 11.8. The van der Waals surface area contributed by atoms with Crippen molar-refractivity contribution in [3.63, 3.8) is 0 Å². The van der Waals surface area contributed by atoms with E-state index in [1.54, 1.807) is 42.5 Å². The molecule has 0 heterocycles. The first-order valence-corrected chi connectivity index (χ1v) is 6.58. The third-order valence-corrected chi connectivity index (χ3v) is 3.21. The van der Waals surface area contributed by atoms with Crippen LogP contribution >= 0.6 is 15.9 Å². The van der Waals surface area contributed by atoms with Gasteiger partial charge in [0.15, 0.2) is 0 Å². The summed E-state index contributed by atoms with van der Waals surface area (Å²) in [5.41, 5.74) is 7.03. The summed E-state index contributed by atoms with van der Waals surface area (Å²) in [6.45, 7) is 0. The monoisotopic (exact) mass is 333 g/mol. The van der Waals surface area contributed by atoms with Crippen molar-refractivity contribution in [3.8, 4) is 0 Å². The molecule has 0 radical (unpaired) electrons. The largest absolute Gasteiger partial charge is 0.399 e. The van der Waals surface area contributed by atoms with E-state index in [0.717, 1.165) is 4.47 Å². The van der Waals surface area contributed by atoms with E-state index in [4.69, 9.17) is 5.73 Å². The van der Waals surface area contributed by atoms with Crippen LogP contribution in [-0.4, -0.2) is 11.9 Å². The van der Waals surface area contributed by atoms with E-state index in [2.05, 4.69) is 26.6 Å². The van der Waals surface area contributed by atoms with E-state index in [1.165, 1.54) is 0 Å². The molecular formula is C14H12BrN3O2. The van der Waals surface area contributed by atoms with Gasteiger partial charge in [0, 0.05) is 15.7 Å². The van der Waals surface area contributed by atoms with Crippen molar-refractivity contribution in [2.75, 3.05) is 11.1 Å². The summed E-state index contributed by atoms with van der Waals surface area (Å²) >= 11 is 3.30. The number of nitrogens with two attached hydrogens (primary N) is 1. The molecule has 3 amide bonds. The SMILES string of the molecule is Nc1ccc(C(=O)NC(=O)Nc2ccccc2Br)cc1. The first-order valence-electron chi connectivity index (χ1n) is 5.78. The minimum atomic E-state index is -0.598. The molecule has 102 valence electrons. The molecule has 0 unspecified atom stereocenters. The van der Waals surface area contributed by atoms with E-state index in [-0.39, 0.29) is 0 Å². The first-order chi connectivity index (χ1) is 9.56. The van der Waals surface area contributed by atoms with Crippen LogP contribution in [0.5, 0.6) is 0 Å². The van der Waals surface area contributed by atoms with Crippen molar-refractivity contribution >= 4 is 39.2 Å². The van der Waals surface area contributed by atoms with Gasteiger partial charge >= 0.3 is 6.03 Å². The summed E-state index contributed by atoms with van der Waals surface area (Å²) in [6.07, 6.45) is 0. The zero-order valence-electron chi connectivity index (χ0n) is 10.4. The molecule has 0 aromatic heterocycles. The quantitative estimate of drug-likeness (QED) is 0.738. The predicted molar refractivity (Wildman–Crippen MR) is 81.5 cm³/mol. The van der Waals surface area contributed by atoms with Crippen LogP contribution in [0, 0.1) is 0 Å². The highest BCUT2D eigenvalue weighted by molar-refractivity contribution is 9.10. The number of anilines is 2. The Hall–Kier alpha value is -2.34. The van der Waals surface area contributed by atoms with E-state index < -0.39 is 11.9 Å². The number of nitrogen functional groups attached to an aromatic ring is 1. The number of hydrogen-bond donors (Lipinski definition) is 3. The second-order valence-corrected chi connectivity index (χ2v) is 4.86. The molecule has 0 atom stereocenters. The lowest BCUT2D eigenvalue weighted by Crippen LogP contribution is -2.34. The van der Waals surface area contributed by atoms with Crippen LogP contribution in [0.25, 0.3) is 0 Å². The Morgan fingerprint density at radius 3 is 2.30 bits per heavy atom. The van der Waals surface area contributed by atoms with Gasteiger partial charge in [-0.05, 0) is 52.3 Å². The van der Waals surface area contributed by atoms with Gasteiger partial charge in [-0.1, -0.05) is 12.1 Å². The Kier molecular flexibility index (Phi) is 4.37. The number of nitrogens with one attached hydrogen (secondary N) is 2. The topological polar surface area (TPSA) is 84.2 Å². The maximum absolute atomic E-state index is 11.8. The van der Waals surface area contributed by atoms with Crippen molar-refractivity contribution in [1.29, 1.82) is 0 Å². The molecule has 0 fully saturated rings. The van der Waals surface area contributed by atoms with E-state index in [1.807, 2.05) is 6.07 Å². The Morgan fingerprint density at radius 1 is 1.00 bits per heavy atom. The molecule has 6 heteroatoms. The molecule has 0 saturated carbocycles. The summed E-state index contributed by atoms with van der Waals surface area (Å²) < 4.78 is 0.732. The Labute approximate surface area is 124 Å². The number of hydrogen-bond acceptors (Lipinski definition) is 3. The van der Waals surface area contributed by atoms with Gasteiger partial charge in [-0.3, -0.25) is 10.1 Å². The molecule has 2 aromatic rings. The number of para-hydroxylation sites is 1. The van der Waals surface area contributed by atoms with Crippen molar-refractivity contribution < 1.29 is 9.59 Å². The second-order valence-electron chi connectivity index (χ2n) is 4.01. The Morgan fingerprint density at radius 2 is 1.65 bits per heavy atom. The maximum Gasteiger partial charge on any atom is 0.326 e. The molecule has 5 nitrogen and oxygen atoms in total. The van der Waals surface area contributed by atoms with Gasteiger partial charge in [0.1, 0.15) is 0 Å². The minimum absolute atomic E-state index is 0.362. The van der Waals surface area contributed by atoms with Crippen LogP contribution in [0.1, 0.15) is 10.4 Å². The number of rotatable bonds is 2. The molecule has 0 aliphatic heterocycles. The predicted octanol–water partition coefficient (Wildman–Crippen LogP) is 2.99. The number of halogens is 1. The molecule has 0 aliphatic carbocycles. The van der Waals surface area contributed by atoms with Gasteiger partial charge in [-0.25, -0.2) is 4.79 Å². The van der Waals surface area contributed by atoms with Crippen molar-refractivity contribution in [2.45, 2.75) is 0 Å². The summed E-state index contributed by atoms with van der Waals surface area (Å²) in [5.74, 6) is -0.491. The Balaban J connectivity index is 2.00. The fourth-order valence-corrected chi connectivity index (χ4v) is 1.91. The fourth-order valence-electron chi connectivity index (χ4n) is 1.53. The normalized spacial score (nSPS) is 9.85. The lowest BCUT2D eigenvalue weighted by Gasteiger charge is -2.08. The van der Waals surface area contributed by atoms with Crippen LogP contribution < -0.4 is 16.4 Å². The molecule has 0 saturated heterocycles. The molecule has 4 N–H and O–H groups in total. The number of carbonyl (C=O) groups excluding carboxylic acids is 2. The third-order valence-electron chi connectivity index (χ3n) is 2.52. The number of carbonyl (C=O) groups is 2. The van der Waals surface area contributed by atoms with E-state index in [0.29, 0.717) is 16.9 Å². The minimum Gasteiger partial charge on any atom is -0.399 e. The lowest BCUT2D eigenvalue weighted by atomic mass is 10.2. The highest BCUT2D eigenvalue weighted by Crippen LogP contribution is 2.20. The van der Waals surface area contributed by atoms with Gasteiger partial charge in [-0.2, -0.15) is 0 Å². The van der Waals surface area contributed by atoms with Gasteiger partial charge in [-0.15, -0.1) is 0 Å². The zero-order chi connectivity index (χ0) is 14.5. The van der Waals surface area contributed by atoms with Crippen molar-refractivity contribution in [2.24, 2.45) is 0 Å². The van der Waals surface area contributed by atoms with E-state index >= 15 is 0 Å². The van der Waals surface area contributed by atoms with Crippen molar-refractivity contribution in [1.82, 2.24) is 5.32 Å². The molecule has 2 rings (SSSR count). The highest BCUT2D eigenvalue weighted by atomic mass is 79.9. The lowest BCUT2D eigenvalue weighted by molar-refractivity contribution is 0.0967. The fraction of sp³-hybridized carbons (Fsp3) is 0. The van der Waals surface area contributed by atoms with Crippen LogP contribution in [0.4, 0.5) is 16.2 Å². The average Bonchev–Trinajstić information content (AvgIpc) is 2.42. The van der Waals surface area contributed by atoms with Gasteiger partial charge in [0.05, 0.1) is 5.69 Å². The third kappa shape index (κ3) is 3.58. The highest BCUT2D eigenvalue weighted by Gasteiger charge is 2.11. The average molecular weight is 334 g/mol. The second kappa shape index (κ2) is 6.21. The number of benzene rings is 2. The first kappa shape index (κ1) is 14.1. The van der Waals surface area contributed by atoms with E-state index in [9.17, 15) is 9.59 Å². The molecule has 0 aliphatic rings. The Bertz CT molecular complexity index is 641. The van der Waals surface area contributed by atoms with Crippen LogP contribution in [0.3, 0.4) is 0 Å². The number of urea groups is 1. The summed E-state index contributed by atoms with van der Waals surface area (Å²) in [6, 6.07) is 12.8. The zero-order valence-corrected chi connectivity index (χ0v) is 12.0. The van der Waals surface area contributed by atoms with Gasteiger partial charge in [0.2, 0.25) is 0 Å². The van der Waals surface area contributed by atoms with Crippen LogP contribution in [-0.2, 0) is 0 Å². The smallest absolute Gasteiger partial charge is 0.326 e. The van der Waals surface area contributed by atoms with Crippen LogP contribution in [0.2, 0.25) is 0 Å². The molecule has 0 spiro atoms. The summed E-state index contributed by atoms with van der Waals surface area (Å²) in [5, 5.41) is 4.82. The van der Waals surface area contributed by atoms with Crippen LogP contribution in [0.15, 0.2) is 53.0 Å². The molecule has 0 bridgehead atoms. The number of amides is 3.